The van der Waals surface area contributed by atoms with Crippen LogP contribution >= 0.6 is 0 Å². The predicted octanol–water partition coefficient (Wildman–Crippen LogP) is 3.48. The molecule has 0 atom stereocenters. The number of imidazole rings is 1. The molecule has 9 heteroatoms. The number of rotatable bonds is 7. The van der Waals surface area contributed by atoms with Crippen LogP contribution in [-0.2, 0) is 26.6 Å². The first-order valence-corrected chi connectivity index (χ1v) is 12.5. The largest absolute Gasteiger partial charge is 0.269 e. The molecular formula is C22H21N3O4S2. The minimum atomic E-state index is -3.91. The van der Waals surface area contributed by atoms with Crippen LogP contribution in [0.25, 0.3) is 11.0 Å². The highest BCUT2D eigenvalue weighted by Crippen LogP contribution is 2.23. The molecule has 0 spiro atoms. The van der Waals surface area contributed by atoms with E-state index in [0.29, 0.717) is 11.0 Å². The third-order valence-corrected chi connectivity index (χ3v) is 8.61. The Morgan fingerprint density at radius 1 is 0.806 bits per heavy atom. The molecule has 0 N–H and O–H groups in total. The third kappa shape index (κ3) is 3.99. The highest BCUT2D eigenvalue weighted by Gasteiger charge is 2.25. The summed E-state index contributed by atoms with van der Waals surface area (Å²) >= 11 is 0. The number of hydrogen-bond acceptors (Lipinski definition) is 5. The first-order valence-electron chi connectivity index (χ1n) is 9.66. The average Bonchev–Trinajstić information content (AvgIpc) is 3.23. The van der Waals surface area contributed by atoms with Crippen LogP contribution in [-0.4, -0.2) is 36.6 Å². The normalized spacial score (nSPS) is 12.5. The van der Waals surface area contributed by atoms with Crippen molar-refractivity contribution in [1.82, 2.24) is 13.3 Å². The molecular weight excluding hydrogens is 434 g/mol. The summed E-state index contributed by atoms with van der Waals surface area (Å²) in [6.07, 6.45) is 1.25. The third-order valence-electron chi connectivity index (χ3n) is 4.99. The molecule has 0 aliphatic carbocycles. The highest BCUT2D eigenvalue weighted by molar-refractivity contribution is 7.90. The smallest absolute Gasteiger partial charge is 0.236 e. The van der Waals surface area contributed by atoms with Gasteiger partial charge in [0.15, 0.2) is 0 Å². The number of fused-ring (bicyclic) bond motifs is 1. The van der Waals surface area contributed by atoms with Crippen molar-refractivity contribution in [2.45, 2.75) is 23.3 Å². The Balaban J connectivity index is 1.65. The van der Waals surface area contributed by atoms with Gasteiger partial charge < -0.3 is 0 Å². The fraction of sp³-hybridized carbons (Fsp3) is 0.136. The Kier molecular flexibility index (Phi) is 5.65. The van der Waals surface area contributed by atoms with Gasteiger partial charge in [0.25, 0.3) is 10.0 Å². The van der Waals surface area contributed by atoms with Gasteiger partial charge in [-0.25, -0.2) is 25.8 Å². The monoisotopic (exact) mass is 455 g/mol. The number of para-hydroxylation sites is 2. The molecule has 0 radical (unpaired) electrons. The molecule has 31 heavy (non-hydrogen) atoms. The molecule has 0 aliphatic rings. The molecule has 0 amide bonds. The van der Waals surface area contributed by atoms with E-state index < -0.39 is 20.0 Å². The zero-order valence-electron chi connectivity index (χ0n) is 16.8. The number of hydrogen-bond donors (Lipinski definition) is 0. The van der Waals surface area contributed by atoms with Gasteiger partial charge in [0.1, 0.15) is 6.33 Å². The zero-order valence-corrected chi connectivity index (χ0v) is 18.4. The molecule has 0 saturated heterocycles. The first-order chi connectivity index (χ1) is 14.8. The van der Waals surface area contributed by atoms with Crippen LogP contribution in [0.4, 0.5) is 0 Å². The molecule has 4 aromatic rings. The van der Waals surface area contributed by atoms with Gasteiger partial charge in [0.05, 0.1) is 20.8 Å². The first kappa shape index (κ1) is 21.2. The van der Waals surface area contributed by atoms with Crippen molar-refractivity contribution >= 4 is 31.1 Å². The lowest BCUT2D eigenvalue weighted by molar-refractivity contribution is 0.423. The van der Waals surface area contributed by atoms with Crippen LogP contribution in [0.5, 0.6) is 0 Å². The lowest BCUT2D eigenvalue weighted by atomic mass is 10.2. The van der Waals surface area contributed by atoms with Gasteiger partial charge >= 0.3 is 0 Å². The molecule has 4 rings (SSSR count). The lowest BCUT2D eigenvalue weighted by Crippen LogP contribution is -2.30. The Morgan fingerprint density at radius 2 is 1.42 bits per heavy atom. The quantitative estimate of drug-likeness (QED) is 0.426. The van der Waals surface area contributed by atoms with Gasteiger partial charge in [0, 0.05) is 13.1 Å². The van der Waals surface area contributed by atoms with Crippen molar-refractivity contribution in [3.8, 4) is 0 Å². The van der Waals surface area contributed by atoms with Crippen LogP contribution in [0.1, 0.15) is 12.5 Å². The summed E-state index contributed by atoms with van der Waals surface area (Å²) in [6.45, 7) is 2.29. The maximum absolute atomic E-state index is 13.1. The van der Waals surface area contributed by atoms with E-state index in [2.05, 4.69) is 4.98 Å². The molecule has 0 fully saturated rings. The Bertz CT molecular complexity index is 1410. The summed E-state index contributed by atoms with van der Waals surface area (Å²) in [4.78, 5) is 4.15. The summed E-state index contributed by atoms with van der Waals surface area (Å²) in [5.41, 5.74) is 1.89. The minimum absolute atomic E-state index is 0.0132. The summed E-state index contributed by atoms with van der Waals surface area (Å²) in [5, 5.41) is 0. The van der Waals surface area contributed by atoms with Gasteiger partial charge in [-0.3, -0.25) is 0 Å². The Labute approximate surface area is 181 Å². The van der Waals surface area contributed by atoms with Crippen LogP contribution < -0.4 is 0 Å². The predicted molar refractivity (Wildman–Crippen MR) is 118 cm³/mol. The van der Waals surface area contributed by atoms with E-state index in [1.807, 2.05) is 30.3 Å². The molecule has 0 unspecified atom stereocenters. The van der Waals surface area contributed by atoms with Crippen LogP contribution in [0.15, 0.2) is 95.0 Å². The van der Waals surface area contributed by atoms with Crippen molar-refractivity contribution in [2.75, 3.05) is 6.54 Å². The number of sulfonamides is 1. The minimum Gasteiger partial charge on any atom is -0.236 e. The summed E-state index contributed by atoms with van der Waals surface area (Å²) in [6, 6.07) is 21.5. The van der Waals surface area contributed by atoms with E-state index in [0.717, 1.165) is 9.54 Å². The molecule has 0 bridgehead atoms. The van der Waals surface area contributed by atoms with Crippen molar-refractivity contribution in [1.29, 1.82) is 0 Å². The summed E-state index contributed by atoms with van der Waals surface area (Å²) < 4.78 is 54.8. The molecule has 3 aromatic carbocycles. The SMILES string of the molecule is CCN(Cc1ccccc1)S(=O)(=O)c1ccc(S(=O)(=O)n2cnc3ccccc32)cc1. The average molecular weight is 456 g/mol. The molecule has 7 nitrogen and oxygen atoms in total. The van der Waals surface area contributed by atoms with Crippen molar-refractivity contribution in [3.63, 3.8) is 0 Å². The second-order valence-corrected chi connectivity index (χ2v) is 10.7. The summed E-state index contributed by atoms with van der Waals surface area (Å²) in [5.74, 6) is 0. The molecule has 1 aromatic heterocycles. The molecule has 1 heterocycles. The van der Waals surface area contributed by atoms with Gasteiger partial charge in [0.2, 0.25) is 10.0 Å². The number of aromatic nitrogens is 2. The Hall–Kier alpha value is -3.01. The van der Waals surface area contributed by atoms with Crippen LogP contribution in [0, 0.1) is 0 Å². The van der Waals surface area contributed by atoms with E-state index in [-0.39, 0.29) is 22.9 Å². The maximum atomic E-state index is 13.1. The fourth-order valence-corrected chi connectivity index (χ4v) is 6.06. The van der Waals surface area contributed by atoms with Crippen molar-refractivity contribution < 1.29 is 16.8 Å². The molecule has 0 saturated carbocycles. The van der Waals surface area contributed by atoms with Gasteiger partial charge in [-0.2, -0.15) is 4.31 Å². The molecule has 0 aliphatic heterocycles. The van der Waals surface area contributed by atoms with E-state index in [1.165, 1.54) is 34.9 Å². The van der Waals surface area contributed by atoms with Gasteiger partial charge in [-0.05, 0) is 42.0 Å². The number of benzene rings is 3. The van der Waals surface area contributed by atoms with Gasteiger partial charge in [-0.15, -0.1) is 0 Å². The highest BCUT2D eigenvalue weighted by atomic mass is 32.2. The number of nitrogens with zero attached hydrogens (tertiary/aromatic N) is 3. The van der Waals surface area contributed by atoms with E-state index in [1.54, 1.807) is 31.2 Å². The van der Waals surface area contributed by atoms with Crippen LogP contribution in [0.2, 0.25) is 0 Å². The summed E-state index contributed by atoms with van der Waals surface area (Å²) in [7, 11) is -7.69. The van der Waals surface area contributed by atoms with Crippen molar-refractivity contribution in [2.24, 2.45) is 0 Å². The van der Waals surface area contributed by atoms with Gasteiger partial charge in [-0.1, -0.05) is 49.4 Å². The van der Waals surface area contributed by atoms with Crippen LogP contribution in [0.3, 0.4) is 0 Å². The van der Waals surface area contributed by atoms with Crippen molar-refractivity contribution in [3.05, 3.63) is 90.8 Å². The second kappa shape index (κ2) is 8.26. The maximum Gasteiger partial charge on any atom is 0.269 e. The second-order valence-electron chi connectivity index (χ2n) is 6.92. The van der Waals surface area contributed by atoms with E-state index in [4.69, 9.17) is 0 Å². The van der Waals surface area contributed by atoms with E-state index in [9.17, 15) is 16.8 Å². The Morgan fingerprint density at radius 3 is 2.10 bits per heavy atom. The lowest BCUT2D eigenvalue weighted by Gasteiger charge is -2.20. The fourth-order valence-electron chi connectivity index (χ4n) is 3.33. The van der Waals surface area contributed by atoms with E-state index >= 15 is 0 Å². The standard InChI is InChI=1S/C22H21N3O4S2/c1-2-24(16-18-8-4-3-5-9-18)30(26,27)19-12-14-20(15-13-19)31(28,29)25-17-23-21-10-6-7-11-22(21)25/h3-15,17H,2,16H2,1H3. The zero-order chi connectivity index (χ0) is 22.1. The molecule has 160 valence electrons. The topological polar surface area (TPSA) is 89.3 Å².